The molecule has 88 valence electrons. The fourth-order valence-corrected chi connectivity index (χ4v) is 2.17. The molecule has 2 fully saturated rings. The molecule has 0 saturated carbocycles. The SMILES string of the molecule is C(CC1COCCN1)NC1CCOCC1. The zero-order valence-electron chi connectivity index (χ0n) is 9.34. The highest BCUT2D eigenvalue weighted by Gasteiger charge is 2.15. The van der Waals surface area contributed by atoms with Gasteiger partial charge < -0.3 is 20.1 Å². The monoisotopic (exact) mass is 214 g/mol. The molecule has 0 bridgehead atoms. The molecule has 2 aliphatic rings. The van der Waals surface area contributed by atoms with E-state index in [9.17, 15) is 0 Å². The molecule has 0 aromatic carbocycles. The Morgan fingerprint density at radius 3 is 2.73 bits per heavy atom. The Balaban J connectivity index is 1.53. The maximum Gasteiger partial charge on any atom is 0.0620 e. The topological polar surface area (TPSA) is 42.5 Å². The van der Waals surface area contributed by atoms with Crippen LogP contribution in [-0.4, -0.2) is 51.6 Å². The summed E-state index contributed by atoms with van der Waals surface area (Å²) in [6, 6.07) is 1.22. The maximum absolute atomic E-state index is 5.41. The third-order valence-corrected chi connectivity index (χ3v) is 3.15. The molecule has 2 heterocycles. The van der Waals surface area contributed by atoms with Crippen LogP contribution in [0.15, 0.2) is 0 Å². The fourth-order valence-electron chi connectivity index (χ4n) is 2.17. The maximum atomic E-state index is 5.41. The number of rotatable bonds is 4. The van der Waals surface area contributed by atoms with Crippen LogP contribution in [0, 0.1) is 0 Å². The summed E-state index contributed by atoms with van der Waals surface area (Å²) in [6.45, 7) is 5.66. The van der Waals surface area contributed by atoms with E-state index in [2.05, 4.69) is 10.6 Å². The second-order valence-electron chi connectivity index (χ2n) is 4.36. The summed E-state index contributed by atoms with van der Waals surface area (Å²) < 4.78 is 10.7. The Kier molecular flexibility index (Phi) is 4.86. The number of nitrogens with one attached hydrogen (secondary N) is 2. The molecular formula is C11H22N2O2. The average Bonchev–Trinajstić information content (AvgIpc) is 2.32. The Morgan fingerprint density at radius 1 is 1.13 bits per heavy atom. The van der Waals surface area contributed by atoms with Crippen LogP contribution in [0.1, 0.15) is 19.3 Å². The molecule has 0 aliphatic carbocycles. The van der Waals surface area contributed by atoms with Crippen LogP contribution in [0.5, 0.6) is 0 Å². The van der Waals surface area contributed by atoms with Gasteiger partial charge in [-0.2, -0.15) is 0 Å². The van der Waals surface area contributed by atoms with Crippen LogP contribution in [0.4, 0.5) is 0 Å². The minimum atomic E-state index is 0.547. The average molecular weight is 214 g/mol. The fraction of sp³-hybridized carbons (Fsp3) is 1.00. The van der Waals surface area contributed by atoms with Crippen molar-refractivity contribution in [3.63, 3.8) is 0 Å². The largest absolute Gasteiger partial charge is 0.381 e. The molecule has 2 rings (SSSR count). The zero-order chi connectivity index (χ0) is 10.3. The molecular weight excluding hydrogens is 192 g/mol. The van der Waals surface area contributed by atoms with Gasteiger partial charge in [-0.3, -0.25) is 0 Å². The molecule has 2 aliphatic heterocycles. The number of hydrogen-bond acceptors (Lipinski definition) is 4. The van der Waals surface area contributed by atoms with Gasteiger partial charge in [0.1, 0.15) is 0 Å². The number of ether oxygens (including phenoxy) is 2. The van der Waals surface area contributed by atoms with E-state index in [-0.39, 0.29) is 0 Å². The lowest BCUT2D eigenvalue weighted by molar-refractivity contribution is 0.0683. The van der Waals surface area contributed by atoms with Crippen LogP contribution in [0.25, 0.3) is 0 Å². The first kappa shape index (κ1) is 11.3. The van der Waals surface area contributed by atoms with Crippen molar-refractivity contribution in [3.05, 3.63) is 0 Å². The molecule has 0 spiro atoms. The number of hydrogen-bond donors (Lipinski definition) is 2. The molecule has 1 unspecified atom stereocenters. The summed E-state index contributed by atoms with van der Waals surface area (Å²) in [5.74, 6) is 0. The van der Waals surface area contributed by atoms with Gasteiger partial charge in [-0.05, 0) is 25.8 Å². The molecule has 1 atom stereocenters. The van der Waals surface area contributed by atoms with E-state index >= 15 is 0 Å². The minimum Gasteiger partial charge on any atom is -0.381 e. The lowest BCUT2D eigenvalue weighted by Crippen LogP contribution is -2.44. The lowest BCUT2D eigenvalue weighted by Gasteiger charge is -2.26. The molecule has 0 radical (unpaired) electrons. The van der Waals surface area contributed by atoms with Crippen molar-refractivity contribution in [2.45, 2.75) is 31.3 Å². The van der Waals surface area contributed by atoms with Gasteiger partial charge in [-0.1, -0.05) is 0 Å². The van der Waals surface area contributed by atoms with Gasteiger partial charge in [0.25, 0.3) is 0 Å². The quantitative estimate of drug-likeness (QED) is 0.698. The van der Waals surface area contributed by atoms with Crippen LogP contribution in [0.3, 0.4) is 0 Å². The third kappa shape index (κ3) is 4.07. The van der Waals surface area contributed by atoms with Gasteiger partial charge in [-0.25, -0.2) is 0 Å². The lowest BCUT2D eigenvalue weighted by atomic mass is 10.1. The van der Waals surface area contributed by atoms with Crippen LogP contribution >= 0.6 is 0 Å². The van der Waals surface area contributed by atoms with E-state index in [0.717, 1.165) is 58.8 Å². The normalized spacial score (nSPS) is 29.2. The highest BCUT2D eigenvalue weighted by Crippen LogP contribution is 2.06. The smallest absolute Gasteiger partial charge is 0.0620 e. The predicted molar refractivity (Wildman–Crippen MR) is 59.1 cm³/mol. The summed E-state index contributed by atoms with van der Waals surface area (Å²) in [5.41, 5.74) is 0. The van der Waals surface area contributed by atoms with Crippen molar-refractivity contribution in [3.8, 4) is 0 Å². The predicted octanol–water partition coefficient (Wildman–Crippen LogP) is 0.134. The van der Waals surface area contributed by atoms with E-state index in [0.29, 0.717) is 12.1 Å². The van der Waals surface area contributed by atoms with Gasteiger partial charge in [-0.15, -0.1) is 0 Å². The van der Waals surface area contributed by atoms with E-state index in [1.807, 2.05) is 0 Å². The molecule has 4 heteroatoms. The second kappa shape index (κ2) is 6.43. The van der Waals surface area contributed by atoms with Crippen molar-refractivity contribution >= 4 is 0 Å². The van der Waals surface area contributed by atoms with Gasteiger partial charge in [0, 0.05) is 31.8 Å². The first-order valence-electron chi connectivity index (χ1n) is 6.07. The highest BCUT2D eigenvalue weighted by molar-refractivity contribution is 4.74. The van der Waals surface area contributed by atoms with Crippen molar-refractivity contribution in [2.24, 2.45) is 0 Å². The summed E-state index contributed by atoms with van der Waals surface area (Å²) in [5, 5.41) is 7.06. The van der Waals surface area contributed by atoms with E-state index < -0.39 is 0 Å². The first-order chi connectivity index (χ1) is 7.45. The summed E-state index contributed by atoms with van der Waals surface area (Å²) >= 11 is 0. The molecule has 2 N–H and O–H groups in total. The first-order valence-corrected chi connectivity index (χ1v) is 6.07. The Bertz CT molecular complexity index is 148. The van der Waals surface area contributed by atoms with E-state index in [4.69, 9.17) is 9.47 Å². The van der Waals surface area contributed by atoms with Crippen molar-refractivity contribution in [2.75, 3.05) is 39.5 Å². The molecule has 15 heavy (non-hydrogen) atoms. The summed E-state index contributed by atoms with van der Waals surface area (Å²) in [7, 11) is 0. The molecule has 4 nitrogen and oxygen atoms in total. The van der Waals surface area contributed by atoms with Crippen molar-refractivity contribution < 1.29 is 9.47 Å². The Labute approximate surface area is 91.7 Å². The Morgan fingerprint density at radius 2 is 2.00 bits per heavy atom. The second-order valence-corrected chi connectivity index (χ2v) is 4.36. The standard InChI is InChI=1S/C11H22N2O2/c1(11-9-15-8-5-13-11)4-12-10-2-6-14-7-3-10/h10-13H,1-9H2. The van der Waals surface area contributed by atoms with Gasteiger partial charge in [0.05, 0.1) is 13.2 Å². The molecule has 0 amide bonds. The summed E-state index contributed by atoms with van der Waals surface area (Å²) in [6.07, 6.45) is 3.49. The van der Waals surface area contributed by atoms with Crippen molar-refractivity contribution in [1.29, 1.82) is 0 Å². The van der Waals surface area contributed by atoms with Crippen LogP contribution in [0.2, 0.25) is 0 Å². The van der Waals surface area contributed by atoms with Gasteiger partial charge >= 0.3 is 0 Å². The van der Waals surface area contributed by atoms with Crippen molar-refractivity contribution in [1.82, 2.24) is 10.6 Å². The van der Waals surface area contributed by atoms with E-state index in [1.54, 1.807) is 0 Å². The van der Waals surface area contributed by atoms with Gasteiger partial charge in [0.2, 0.25) is 0 Å². The van der Waals surface area contributed by atoms with Crippen LogP contribution < -0.4 is 10.6 Å². The molecule has 0 aromatic rings. The highest BCUT2D eigenvalue weighted by atomic mass is 16.5. The van der Waals surface area contributed by atoms with E-state index in [1.165, 1.54) is 0 Å². The minimum absolute atomic E-state index is 0.547. The zero-order valence-corrected chi connectivity index (χ0v) is 9.34. The van der Waals surface area contributed by atoms with Gasteiger partial charge in [0.15, 0.2) is 0 Å². The number of morpholine rings is 1. The molecule has 2 saturated heterocycles. The third-order valence-electron chi connectivity index (χ3n) is 3.15. The Hall–Kier alpha value is -0.160. The van der Waals surface area contributed by atoms with Crippen LogP contribution in [-0.2, 0) is 9.47 Å². The summed E-state index contributed by atoms with van der Waals surface area (Å²) in [4.78, 5) is 0. The molecule has 0 aromatic heterocycles.